The van der Waals surface area contributed by atoms with Crippen LogP contribution in [0.15, 0.2) is 22.1 Å². The molecule has 3 rings (SSSR count). The summed E-state index contributed by atoms with van der Waals surface area (Å²) >= 11 is 0. The highest BCUT2D eigenvalue weighted by Gasteiger charge is 2.54. The molecule has 1 aromatic heterocycles. The highest BCUT2D eigenvalue weighted by molar-refractivity contribution is 7.52. The van der Waals surface area contributed by atoms with Gasteiger partial charge in [-0.1, -0.05) is 0 Å². The second-order valence-corrected chi connectivity index (χ2v) is 12.1. The molecule has 3 heterocycles. The Morgan fingerprint density at radius 2 is 2.02 bits per heavy atom. The lowest BCUT2D eigenvalue weighted by Crippen LogP contribution is -2.64. The maximum absolute atomic E-state index is 12.9. The van der Waals surface area contributed by atoms with Crippen molar-refractivity contribution in [1.82, 2.24) is 9.55 Å². The third-order valence-electron chi connectivity index (χ3n) is 7.03. The summed E-state index contributed by atoms with van der Waals surface area (Å²) in [5, 5.41) is 72.7. The molecule has 11 N–H and O–H groups in total. The minimum Gasteiger partial charge on any atom is -0.862 e. The lowest BCUT2D eigenvalue weighted by molar-refractivity contribution is -0.226. The van der Waals surface area contributed by atoms with Gasteiger partial charge in [0, 0.05) is 12.6 Å². The van der Waals surface area contributed by atoms with Crippen LogP contribution in [-0.2, 0) is 23.4 Å². The molecule has 0 aromatic carbocycles. The van der Waals surface area contributed by atoms with Crippen LogP contribution < -0.4 is 22.3 Å². The molecule has 2 saturated heterocycles. The third kappa shape index (κ3) is 7.50. The number of nitrogens with zero attached hydrogens (tertiary/aromatic N) is 3. The van der Waals surface area contributed by atoms with E-state index >= 15 is 0 Å². The molecule has 0 saturated carbocycles. The van der Waals surface area contributed by atoms with Crippen LogP contribution in [0, 0.1) is 0 Å². The van der Waals surface area contributed by atoms with Gasteiger partial charge < -0.3 is 66.1 Å². The Morgan fingerprint density at radius 3 is 2.60 bits per heavy atom. The van der Waals surface area contributed by atoms with Crippen molar-refractivity contribution in [2.45, 2.75) is 80.4 Å². The number of nitrogen functional groups attached to an aromatic ring is 1. The third-order valence-corrected chi connectivity index (χ3v) is 8.37. The molecule has 19 nitrogen and oxygen atoms in total. The highest BCUT2D eigenvalue weighted by atomic mass is 31.2. The van der Waals surface area contributed by atoms with Crippen LogP contribution in [0.2, 0.25) is 0 Å². The minimum absolute atomic E-state index is 0.0947. The number of aliphatic imine (C=N–C) groups is 1. The second-order valence-electron chi connectivity index (χ2n) is 10.1. The van der Waals surface area contributed by atoms with Crippen LogP contribution in [0.1, 0.15) is 26.0 Å². The van der Waals surface area contributed by atoms with Crippen molar-refractivity contribution in [2.24, 2.45) is 10.7 Å². The van der Waals surface area contributed by atoms with Crippen LogP contribution >= 0.6 is 7.60 Å². The first-order chi connectivity index (χ1) is 19.5. The van der Waals surface area contributed by atoms with Crippen molar-refractivity contribution in [1.29, 1.82) is 0 Å². The minimum atomic E-state index is -4.64. The molecule has 238 valence electrons. The van der Waals surface area contributed by atoms with Crippen molar-refractivity contribution in [3.63, 3.8) is 0 Å². The van der Waals surface area contributed by atoms with Crippen molar-refractivity contribution < 1.29 is 64.0 Å². The molecule has 0 spiro atoms. The van der Waals surface area contributed by atoms with E-state index in [9.17, 15) is 54.8 Å². The zero-order chi connectivity index (χ0) is 31.6. The molecule has 42 heavy (non-hydrogen) atoms. The maximum atomic E-state index is 12.9. The van der Waals surface area contributed by atoms with E-state index in [2.05, 4.69) is 9.98 Å². The van der Waals surface area contributed by atoms with Gasteiger partial charge in [-0.15, -0.1) is 0 Å². The van der Waals surface area contributed by atoms with Crippen LogP contribution in [0.3, 0.4) is 0 Å². The normalized spacial score (nSPS) is 35.0. The number of aromatic nitrogens is 2. The Hall–Kier alpha value is -2.55. The SMILES string of the molecule is CC([O-])=N[C@H]1[C@H]([C@H](O)[C@H](O)CO)O[C@](CCP(=O)(O)OC[C@H]2O[C@@H](n3ccc(N)nc3=O)[C@H](O)[C@@H]2O)(C(N)=O)C[C@@H]1O. The van der Waals surface area contributed by atoms with Crippen LogP contribution in [0.25, 0.3) is 0 Å². The number of carbonyl (C=O) groups is 1. The van der Waals surface area contributed by atoms with Gasteiger partial charge in [0.15, 0.2) is 6.23 Å². The molecule has 0 bridgehead atoms. The van der Waals surface area contributed by atoms with Crippen molar-refractivity contribution in [2.75, 3.05) is 25.1 Å². The zero-order valence-corrected chi connectivity index (χ0v) is 23.2. The first kappa shape index (κ1) is 33.9. The molecule has 2 aliphatic heterocycles. The molecule has 1 amide bonds. The molecule has 2 fully saturated rings. The zero-order valence-electron chi connectivity index (χ0n) is 22.3. The molecular formula is C22H35N5O14P-. The predicted octanol–water partition coefficient (Wildman–Crippen LogP) is -5.73. The Kier molecular flexibility index (Phi) is 10.8. The van der Waals surface area contributed by atoms with Gasteiger partial charge in [-0.3, -0.25) is 18.9 Å². The summed E-state index contributed by atoms with van der Waals surface area (Å²) < 4.78 is 29.9. The maximum Gasteiger partial charge on any atom is 0.351 e. The number of amides is 1. The average molecular weight is 625 g/mol. The van der Waals surface area contributed by atoms with E-state index < -0.39 is 118 Å². The van der Waals surface area contributed by atoms with E-state index in [4.69, 9.17) is 25.5 Å². The molecule has 2 aliphatic rings. The summed E-state index contributed by atoms with van der Waals surface area (Å²) in [6.07, 6.45) is -14.2. The van der Waals surface area contributed by atoms with Crippen LogP contribution in [0.4, 0.5) is 5.82 Å². The summed E-state index contributed by atoms with van der Waals surface area (Å²) in [5.41, 5.74) is 7.85. The number of rotatable bonds is 12. The number of aliphatic hydroxyl groups is 6. The largest absolute Gasteiger partial charge is 0.862 e. The highest BCUT2D eigenvalue weighted by Crippen LogP contribution is 2.47. The Labute approximate surface area is 238 Å². The number of hydrogen-bond acceptors (Lipinski definition) is 16. The molecule has 20 heteroatoms. The Balaban J connectivity index is 1.72. The smallest absolute Gasteiger partial charge is 0.351 e. The van der Waals surface area contributed by atoms with E-state index in [1.54, 1.807) is 0 Å². The van der Waals surface area contributed by atoms with Crippen molar-refractivity contribution >= 4 is 25.2 Å². The van der Waals surface area contributed by atoms with Gasteiger partial charge in [-0.25, -0.2) is 4.79 Å². The van der Waals surface area contributed by atoms with E-state index in [0.29, 0.717) is 0 Å². The fraction of sp³-hybridized carbons (Fsp3) is 0.727. The summed E-state index contributed by atoms with van der Waals surface area (Å²) in [5.74, 6) is -2.09. The van der Waals surface area contributed by atoms with Gasteiger partial charge in [-0.2, -0.15) is 4.98 Å². The lowest BCUT2D eigenvalue weighted by atomic mass is 9.82. The quantitative estimate of drug-likeness (QED) is 0.0594. The predicted molar refractivity (Wildman–Crippen MR) is 138 cm³/mol. The van der Waals surface area contributed by atoms with Gasteiger partial charge >= 0.3 is 13.3 Å². The van der Waals surface area contributed by atoms with Gasteiger partial charge in [0.2, 0.25) is 5.91 Å². The Bertz CT molecular complexity index is 1250. The topological polar surface area (TPSA) is 326 Å². The van der Waals surface area contributed by atoms with Crippen molar-refractivity contribution in [3.05, 3.63) is 22.7 Å². The number of primary amides is 1. The van der Waals surface area contributed by atoms with Crippen molar-refractivity contribution in [3.8, 4) is 0 Å². The average Bonchev–Trinajstić information content (AvgIpc) is 3.19. The summed E-state index contributed by atoms with van der Waals surface area (Å²) in [4.78, 5) is 42.2. The first-order valence-corrected chi connectivity index (χ1v) is 14.4. The Morgan fingerprint density at radius 1 is 1.36 bits per heavy atom. The fourth-order valence-electron chi connectivity index (χ4n) is 4.76. The van der Waals surface area contributed by atoms with Gasteiger partial charge in [0.1, 0.15) is 54.1 Å². The number of hydrogen-bond donors (Lipinski definition) is 9. The lowest BCUT2D eigenvalue weighted by Gasteiger charge is -2.46. The second kappa shape index (κ2) is 13.4. The number of nitrogens with two attached hydrogens (primary N) is 2. The van der Waals surface area contributed by atoms with Gasteiger partial charge in [0.05, 0.1) is 25.5 Å². The molecular weight excluding hydrogens is 589 g/mol. The molecule has 1 aromatic rings. The molecule has 1 unspecified atom stereocenters. The molecule has 11 atom stereocenters. The number of carbonyl (C=O) groups excluding carboxylic acids is 1. The van der Waals surface area contributed by atoms with Gasteiger partial charge in [0.25, 0.3) is 0 Å². The van der Waals surface area contributed by atoms with Crippen LogP contribution in [-0.4, -0.2) is 131 Å². The summed E-state index contributed by atoms with van der Waals surface area (Å²) in [6.45, 7) is -0.664. The number of ether oxygens (including phenoxy) is 2. The van der Waals surface area contributed by atoms with E-state index in [1.165, 1.54) is 12.3 Å². The molecule has 0 radical (unpaired) electrons. The van der Waals surface area contributed by atoms with Gasteiger partial charge in [-0.05, 0) is 25.3 Å². The van der Waals surface area contributed by atoms with E-state index in [1.807, 2.05) is 0 Å². The first-order valence-electron chi connectivity index (χ1n) is 12.7. The number of aliphatic hydroxyl groups excluding tert-OH is 6. The van der Waals surface area contributed by atoms with Crippen LogP contribution in [0.5, 0.6) is 0 Å². The monoisotopic (exact) mass is 624 g/mol. The number of anilines is 1. The molecule has 0 aliphatic carbocycles. The summed E-state index contributed by atoms with van der Waals surface area (Å²) in [6, 6.07) is -0.230. The fourth-order valence-corrected chi connectivity index (χ4v) is 5.91. The van der Waals surface area contributed by atoms with E-state index in [0.717, 1.165) is 11.5 Å². The standard InChI is InChI=1S/C22H36N5O14P/c1-9(29)25-14-10(30)6-22(20(24)35,41-18(14)15(32)11(31)7-28)3-5-42(37,38)39-8-12-16(33)17(34)19(40-12)27-4-2-13(23)26-21(27)36/h2,4,10-12,14-19,28,30-34H,3,5-8H2,1H3,(H2,24,35)(H,25,29)(H,37,38)(H2,23,26,36)/p-1/t10-,11+,12+,14+,15+,16+,17+,18+,19+,22-/m0/s1. The summed E-state index contributed by atoms with van der Waals surface area (Å²) in [7, 11) is -4.64. The van der Waals surface area contributed by atoms with E-state index in [-0.39, 0.29) is 5.82 Å².